The molecule has 8 heteroatoms. The number of aromatic nitrogens is 2. The molecule has 4 rings (SSSR count). The first kappa shape index (κ1) is 23.4. The zero-order chi connectivity index (χ0) is 24.2. The van der Waals surface area contributed by atoms with Crippen molar-refractivity contribution in [1.29, 1.82) is 0 Å². The number of amides is 1. The van der Waals surface area contributed by atoms with Crippen LogP contribution >= 0.6 is 11.3 Å². The van der Waals surface area contributed by atoms with Gasteiger partial charge in [-0.2, -0.15) is 0 Å². The molecule has 4 aromatic rings. The molecule has 174 valence electrons. The van der Waals surface area contributed by atoms with E-state index in [4.69, 9.17) is 4.74 Å². The lowest BCUT2D eigenvalue weighted by Gasteiger charge is -2.14. The maximum absolute atomic E-state index is 12.6. The molecule has 2 aromatic carbocycles. The Hall–Kier alpha value is -3.78. The number of aryl methyl sites for hydroxylation is 4. The first-order valence-electron chi connectivity index (χ1n) is 10.9. The topological polar surface area (TPSA) is 90.3 Å². The van der Waals surface area contributed by atoms with Crippen LogP contribution in [0.25, 0.3) is 10.9 Å². The number of fused-ring (bicyclic) bond motifs is 1. The number of hydrogen-bond acceptors (Lipinski definition) is 6. The zero-order valence-electron chi connectivity index (χ0n) is 19.3. The number of nitrogens with zero attached hydrogens (tertiary/aromatic N) is 2. The van der Waals surface area contributed by atoms with Crippen molar-refractivity contribution < 1.29 is 14.3 Å². The summed E-state index contributed by atoms with van der Waals surface area (Å²) in [4.78, 5) is 42.4. The van der Waals surface area contributed by atoms with Crippen molar-refractivity contribution in [2.75, 3.05) is 5.32 Å². The van der Waals surface area contributed by atoms with Crippen LogP contribution in [0.5, 0.6) is 0 Å². The molecule has 0 saturated heterocycles. The first-order chi connectivity index (χ1) is 16.3. The van der Waals surface area contributed by atoms with Crippen LogP contribution < -0.4 is 10.9 Å². The molecule has 0 fully saturated rings. The lowest BCUT2D eigenvalue weighted by molar-refractivity contribution is -0.116. The van der Waals surface area contributed by atoms with E-state index in [0.29, 0.717) is 15.7 Å². The van der Waals surface area contributed by atoms with Gasteiger partial charge in [0.1, 0.15) is 11.5 Å². The largest absolute Gasteiger partial charge is 0.457 e. The predicted molar refractivity (Wildman–Crippen MR) is 133 cm³/mol. The Morgan fingerprint density at radius 2 is 1.79 bits per heavy atom. The Labute approximate surface area is 201 Å². The van der Waals surface area contributed by atoms with E-state index in [-0.39, 0.29) is 31.0 Å². The summed E-state index contributed by atoms with van der Waals surface area (Å²) in [6.45, 7) is 5.97. The fourth-order valence-electron chi connectivity index (χ4n) is 3.83. The number of carbonyl (C=O) groups excluding carboxylic acids is 2. The van der Waals surface area contributed by atoms with Crippen molar-refractivity contribution in [1.82, 2.24) is 9.55 Å². The molecule has 0 aliphatic carbocycles. The lowest BCUT2D eigenvalue weighted by atomic mass is 10.1. The van der Waals surface area contributed by atoms with Crippen LogP contribution in [0.4, 0.5) is 5.13 Å². The van der Waals surface area contributed by atoms with Gasteiger partial charge in [-0.25, -0.2) is 9.78 Å². The van der Waals surface area contributed by atoms with Gasteiger partial charge in [0.25, 0.3) is 5.56 Å². The maximum Gasteiger partial charge on any atom is 0.350 e. The van der Waals surface area contributed by atoms with Gasteiger partial charge in [0.05, 0.1) is 11.2 Å². The van der Waals surface area contributed by atoms with Crippen molar-refractivity contribution in [2.45, 2.75) is 40.3 Å². The number of rotatable bonds is 7. The average Bonchev–Trinajstić information content (AvgIpc) is 3.18. The van der Waals surface area contributed by atoms with E-state index in [1.54, 1.807) is 17.6 Å². The summed E-state index contributed by atoms with van der Waals surface area (Å²) >= 11 is 1.08. The van der Waals surface area contributed by atoms with Gasteiger partial charge in [-0.15, -0.1) is 0 Å². The van der Waals surface area contributed by atoms with Crippen LogP contribution in [0.1, 0.15) is 38.5 Å². The van der Waals surface area contributed by atoms with Crippen LogP contribution in [0.2, 0.25) is 0 Å². The van der Waals surface area contributed by atoms with Crippen LogP contribution in [-0.2, 0) is 22.7 Å². The highest BCUT2D eigenvalue weighted by atomic mass is 32.1. The Morgan fingerprint density at radius 3 is 2.56 bits per heavy atom. The molecule has 0 aliphatic heterocycles. The monoisotopic (exact) mass is 475 g/mol. The number of carbonyl (C=O) groups is 2. The highest BCUT2D eigenvalue weighted by Crippen LogP contribution is 2.24. The third kappa shape index (κ3) is 5.07. The van der Waals surface area contributed by atoms with Gasteiger partial charge in [-0.3, -0.25) is 9.59 Å². The SMILES string of the molecule is Cc1nc(NC(=O)CCn2c(=O)cc(C)c3cccc(C)c32)sc1C(=O)OCc1ccccc1. The summed E-state index contributed by atoms with van der Waals surface area (Å²) in [5, 5.41) is 4.06. The van der Waals surface area contributed by atoms with E-state index in [1.807, 2.05) is 62.4 Å². The molecule has 7 nitrogen and oxygen atoms in total. The Morgan fingerprint density at radius 1 is 1.03 bits per heavy atom. The quantitative estimate of drug-likeness (QED) is 0.389. The van der Waals surface area contributed by atoms with Crippen LogP contribution in [0.3, 0.4) is 0 Å². The van der Waals surface area contributed by atoms with Crippen molar-refractivity contribution >= 4 is 39.2 Å². The van der Waals surface area contributed by atoms with Crippen molar-refractivity contribution in [3.63, 3.8) is 0 Å². The summed E-state index contributed by atoms with van der Waals surface area (Å²) < 4.78 is 7.01. The van der Waals surface area contributed by atoms with E-state index in [0.717, 1.165) is 38.9 Å². The summed E-state index contributed by atoms with van der Waals surface area (Å²) in [6.07, 6.45) is 0.0960. The molecule has 0 unspecified atom stereocenters. The molecule has 1 amide bonds. The van der Waals surface area contributed by atoms with Gasteiger partial charge >= 0.3 is 5.97 Å². The number of ether oxygens (including phenoxy) is 1. The zero-order valence-corrected chi connectivity index (χ0v) is 20.1. The highest BCUT2D eigenvalue weighted by molar-refractivity contribution is 7.17. The molecular weight excluding hydrogens is 450 g/mol. The Balaban J connectivity index is 1.42. The molecule has 0 radical (unpaired) electrons. The molecule has 0 atom stereocenters. The number of thiazole rings is 1. The fourth-order valence-corrected chi connectivity index (χ4v) is 4.71. The second-order valence-electron chi connectivity index (χ2n) is 8.08. The third-order valence-corrected chi connectivity index (χ3v) is 6.59. The number of anilines is 1. The Kier molecular flexibility index (Phi) is 6.88. The second kappa shape index (κ2) is 10.0. The minimum absolute atomic E-state index is 0.0960. The number of esters is 1. The molecule has 2 aromatic heterocycles. The molecule has 0 saturated carbocycles. The number of nitrogens with one attached hydrogen (secondary N) is 1. The number of benzene rings is 2. The minimum atomic E-state index is -0.479. The van der Waals surface area contributed by atoms with Gasteiger partial charge in [0.15, 0.2) is 5.13 Å². The standard InChI is InChI=1S/C26H25N3O4S/c1-16-8-7-11-20-17(2)14-22(31)29(23(16)20)13-12-21(30)28-26-27-18(3)24(34-26)25(32)33-15-19-9-5-4-6-10-19/h4-11,14H,12-13,15H2,1-3H3,(H,27,28,30). The molecule has 1 N–H and O–H groups in total. The lowest BCUT2D eigenvalue weighted by Crippen LogP contribution is -2.24. The molecule has 2 heterocycles. The van der Waals surface area contributed by atoms with E-state index in [9.17, 15) is 14.4 Å². The van der Waals surface area contributed by atoms with Crippen molar-refractivity contribution in [2.24, 2.45) is 0 Å². The van der Waals surface area contributed by atoms with Crippen LogP contribution in [0.15, 0.2) is 59.4 Å². The van der Waals surface area contributed by atoms with Crippen molar-refractivity contribution in [3.05, 3.63) is 92.2 Å². The van der Waals surface area contributed by atoms with Crippen molar-refractivity contribution in [3.8, 4) is 0 Å². The third-order valence-electron chi connectivity index (χ3n) is 5.54. The molecule has 34 heavy (non-hydrogen) atoms. The molecule has 0 spiro atoms. The number of hydrogen-bond donors (Lipinski definition) is 1. The van der Waals surface area contributed by atoms with E-state index in [2.05, 4.69) is 10.3 Å². The van der Waals surface area contributed by atoms with Crippen LogP contribution in [0, 0.1) is 20.8 Å². The van der Waals surface area contributed by atoms with Gasteiger partial charge in [0.2, 0.25) is 5.91 Å². The average molecular weight is 476 g/mol. The second-order valence-corrected chi connectivity index (χ2v) is 9.08. The smallest absolute Gasteiger partial charge is 0.350 e. The minimum Gasteiger partial charge on any atom is -0.457 e. The summed E-state index contributed by atoms with van der Waals surface area (Å²) in [5.41, 5.74) is 3.98. The summed E-state index contributed by atoms with van der Waals surface area (Å²) in [7, 11) is 0. The van der Waals surface area contributed by atoms with Gasteiger partial charge in [0, 0.05) is 24.4 Å². The normalized spacial score (nSPS) is 10.9. The van der Waals surface area contributed by atoms with Crippen LogP contribution in [-0.4, -0.2) is 21.4 Å². The molecular formula is C26H25N3O4S. The molecule has 0 bridgehead atoms. The first-order valence-corrected chi connectivity index (χ1v) is 11.7. The Bertz CT molecular complexity index is 1420. The highest BCUT2D eigenvalue weighted by Gasteiger charge is 2.18. The van der Waals surface area contributed by atoms with E-state index >= 15 is 0 Å². The van der Waals surface area contributed by atoms with Gasteiger partial charge < -0.3 is 14.6 Å². The van der Waals surface area contributed by atoms with E-state index < -0.39 is 5.97 Å². The van der Waals surface area contributed by atoms with Gasteiger partial charge in [-0.1, -0.05) is 59.9 Å². The predicted octanol–water partition coefficient (Wildman–Crippen LogP) is 4.77. The van der Waals surface area contributed by atoms with E-state index in [1.165, 1.54) is 0 Å². The molecule has 0 aliphatic rings. The number of para-hydroxylation sites is 1. The summed E-state index contributed by atoms with van der Waals surface area (Å²) in [6, 6.07) is 16.9. The van der Waals surface area contributed by atoms with Gasteiger partial charge in [-0.05, 0) is 37.5 Å². The number of pyridine rings is 1. The fraction of sp³-hybridized carbons (Fsp3) is 0.231. The maximum atomic E-state index is 12.6. The summed E-state index contributed by atoms with van der Waals surface area (Å²) in [5.74, 6) is -0.764.